The Morgan fingerprint density at radius 1 is 1.14 bits per heavy atom. The van der Waals surface area contributed by atoms with Gasteiger partial charge in [-0.15, -0.1) is 22.7 Å². The van der Waals surface area contributed by atoms with E-state index in [0.29, 0.717) is 21.4 Å². The van der Waals surface area contributed by atoms with E-state index in [-0.39, 0.29) is 30.1 Å². The fourth-order valence-corrected chi connectivity index (χ4v) is 4.72. The Labute approximate surface area is 172 Å². The molecule has 28 heavy (non-hydrogen) atoms. The fraction of sp³-hybridized carbons (Fsp3) is 0.105. The lowest BCUT2D eigenvalue weighted by molar-refractivity contribution is -0.123. The Kier molecular flexibility index (Phi) is 5.56. The number of thioether (sulfide) groups is 1. The standard InChI is InChI=1S/C19H13FN2O3S3/c20-12-3-5-14(6-4-12)25-10-17-21-13(11-27-17)9-22-18(23)16(28-19(22)24)8-15-2-1-7-26-15/h1-8,11H,9-10H2/b16-8-. The van der Waals surface area contributed by atoms with Gasteiger partial charge in [-0.05, 0) is 53.5 Å². The number of thiazole rings is 1. The monoisotopic (exact) mass is 432 g/mol. The third-order valence-electron chi connectivity index (χ3n) is 3.79. The molecule has 0 bridgehead atoms. The van der Waals surface area contributed by atoms with Crippen molar-refractivity contribution in [3.05, 3.63) is 73.5 Å². The number of carbonyl (C=O) groups is 2. The zero-order valence-corrected chi connectivity index (χ0v) is 16.8. The quantitative estimate of drug-likeness (QED) is 0.504. The Balaban J connectivity index is 1.38. The van der Waals surface area contributed by atoms with Gasteiger partial charge in [-0.25, -0.2) is 9.37 Å². The smallest absolute Gasteiger partial charge is 0.293 e. The Morgan fingerprint density at radius 3 is 2.71 bits per heavy atom. The molecule has 1 aromatic carbocycles. The molecule has 0 spiro atoms. The van der Waals surface area contributed by atoms with Crippen molar-refractivity contribution < 1.29 is 18.7 Å². The summed E-state index contributed by atoms with van der Waals surface area (Å²) in [7, 11) is 0. The number of thiophene rings is 1. The SMILES string of the molecule is O=C1S/C(=C\c2cccs2)C(=O)N1Cc1csc(COc2ccc(F)cc2)n1. The van der Waals surface area contributed by atoms with Crippen LogP contribution in [0.2, 0.25) is 0 Å². The van der Waals surface area contributed by atoms with E-state index in [1.807, 2.05) is 17.5 Å². The van der Waals surface area contributed by atoms with E-state index in [0.717, 1.165) is 16.6 Å². The first-order valence-electron chi connectivity index (χ1n) is 8.19. The molecule has 4 rings (SSSR count). The predicted molar refractivity (Wildman–Crippen MR) is 109 cm³/mol. The largest absolute Gasteiger partial charge is 0.486 e. The Morgan fingerprint density at radius 2 is 1.96 bits per heavy atom. The van der Waals surface area contributed by atoms with E-state index in [1.165, 1.54) is 39.7 Å². The summed E-state index contributed by atoms with van der Waals surface area (Å²) in [4.78, 5) is 31.7. The van der Waals surface area contributed by atoms with Gasteiger partial charge in [-0.2, -0.15) is 0 Å². The molecular weight excluding hydrogens is 419 g/mol. The molecule has 0 saturated carbocycles. The highest BCUT2D eigenvalue weighted by molar-refractivity contribution is 8.18. The molecule has 2 aromatic heterocycles. The van der Waals surface area contributed by atoms with Gasteiger partial charge < -0.3 is 4.74 Å². The number of carbonyl (C=O) groups excluding carboxylic acids is 2. The molecule has 0 unspecified atom stereocenters. The lowest BCUT2D eigenvalue weighted by atomic mass is 10.3. The number of hydrogen-bond acceptors (Lipinski definition) is 7. The summed E-state index contributed by atoms with van der Waals surface area (Å²) in [5, 5.41) is 4.13. The fourth-order valence-electron chi connectivity index (χ4n) is 2.46. The molecule has 1 saturated heterocycles. The minimum atomic E-state index is -0.325. The second-order valence-electron chi connectivity index (χ2n) is 5.76. The summed E-state index contributed by atoms with van der Waals surface area (Å²) in [5.74, 6) is -0.0856. The van der Waals surface area contributed by atoms with Gasteiger partial charge in [0.15, 0.2) is 0 Å². The highest BCUT2D eigenvalue weighted by atomic mass is 32.2. The molecule has 3 aromatic rings. The van der Waals surface area contributed by atoms with Gasteiger partial charge in [-0.3, -0.25) is 14.5 Å². The van der Waals surface area contributed by atoms with Crippen molar-refractivity contribution in [2.24, 2.45) is 0 Å². The number of halogens is 1. The van der Waals surface area contributed by atoms with Crippen LogP contribution in [-0.4, -0.2) is 21.0 Å². The molecule has 0 radical (unpaired) electrons. The van der Waals surface area contributed by atoms with Crippen molar-refractivity contribution in [1.29, 1.82) is 0 Å². The number of benzene rings is 1. The van der Waals surface area contributed by atoms with Gasteiger partial charge in [0.25, 0.3) is 11.1 Å². The number of ether oxygens (including phenoxy) is 1. The van der Waals surface area contributed by atoms with Crippen LogP contribution in [0.5, 0.6) is 5.75 Å². The summed E-state index contributed by atoms with van der Waals surface area (Å²) >= 11 is 3.83. The van der Waals surface area contributed by atoms with E-state index >= 15 is 0 Å². The zero-order chi connectivity index (χ0) is 19.5. The summed E-state index contributed by atoms with van der Waals surface area (Å²) < 4.78 is 18.5. The maximum Gasteiger partial charge on any atom is 0.293 e. The van der Waals surface area contributed by atoms with E-state index < -0.39 is 0 Å². The topological polar surface area (TPSA) is 59.5 Å². The number of rotatable bonds is 6. The van der Waals surface area contributed by atoms with Crippen LogP contribution in [0.25, 0.3) is 6.08 Å². The average molecular weight is 433 g/mol. The van der Waals surface area contributed by atoms with Crippen molar-refractivity contribution in [2.45, 2.75) is 13.2 Å². The summed E-state index contributed by atoms with van der Waals surface area (Å²) in [6, 6.07) is 9.53. The van der Waals surface area contributed by atoms with Crippen LogP contribution >= 0.6 is 34.4 Å². The molecule has 142 valence electrons. The average Bonchev–Trinajstić information content (AvgIpc) is 3.41. The number of nitrogens with zero attached hydrogens (tertiary/aromatic N) is 2. The maximum atomic E-state index is 12.9. The van der Waals surface area contributed by atoms with Crippen LogP contribution in [0.4, 0.5) is 9.18 Å². The minimum Gasteiger partial charge on any atom is -0.486 e. The van der Waals surface area contributed by atoms with Crippen LogP contribution in [0, 0.1) is 5.82 Å². The first-order chi connectivity index (χ1) is 13.6. The normalized spacial score (nSPS) is 15.6. The molecule has 0 atom stereocenters. The van der Waals surface area contributed by atoms with Gasteiger partial charge in [0, 0.05) is 10.3 Å². The zero-order valence-electron chi connectivity index (χ0n) is 14.3. The highest BCUT2D eigenvalue weighted by Crippen LogP contribution is 2.34. The minimum absolute atomic E-state index is 0.124. The third kappa shape index (κ3) is 4.32. The van der Waals surface area contributed by atoms with Gasteiger partial charge in [0.2, 0.25) is 0 Å². The van der Waals surface area contributed by atoms with Gasteiger partial charge >= 0.3 is 0 Å². The molecule has 9 heteroatoms. The second-order valence-corrected chi connectivity index (χ2v) is 8.67. The van der Waals surface area contributed by atoms with E-state index in [2.05, 4.69) is 4.98 Å². The number of hydrogen-bond donors (Lipinski definition) is 0. The summed E-state index contributed by atoms with van der Waals surface area (Å²) in [6.45, 7) is 0.357. The first kappa shape index (κ1) is 18.9. The van der Waals surface area contributed by atoms with Crippen molar-refractivity contribution in [3.63, 3.8) is 0 Å². The molecule has 1 aliphatic heterocycles. The first-order valence-corrected chi connectivity index (χ1v) is 10.8. The predicted octanol–water partition coefficient (Wildman–Crippen LogP) is 5.16. The highest BCUT2D eigenvalue weighted by Gasteiger charge is 2.35. The van der Waals surface area contributed by atoms with Crippen molar-refractivity contribution in [3.8, 4) is 5.75 Å². The van der Waals surface area contributed by atoms with Gasteiger partial charge in [0.1, 0.15) is 23.2 Å². The lowest BCUT2D eigenvalue weighted by Crippen LogP contribution is -2.27. The second kappa shape index (κ2) is 8.26. The van der Waals surface area contributed by atoms with E-state index in [9.17, 15) is 14.0 Å². The third-order valence-corrected chi connectivity index (χ3v) is 6.38. The maximum absolute atomic E-state index is 12.9. The number of imide groups is 1. The van der Waals surface area contributed by atoms with Gasteiger partial charge in [-0.1, -0.05) is 6.07 Å². The number of amides is 2. The lowest BCUT2D eigenvalue weighted by Gasteiger charge is -2.10. The van der Waals surface area contributed by atoms with Crippen LogP contribution in [0.15, 0.2) is 52.1 Å². The van der Waals surface area contributed by atoms with Crippen LogP contribution in [0.1, 0.15) is 15.6 Å². The van der Waals surface area contributed by atoms with Crippen molar-refractivity contribution in [2.75, 3.05) is 0 Å². The molecule has 2 amide bonds. The Hall–Kier alpha value is -2.49. The molecule has 0 N–H and O–H groups in total. The molecular formula is C19H13FN2O3S3. The van der Waals surface area contributed by atoms with Crippen LogP contribution in [0.3, 0.4) is 0 Å². The van der Waals surface area contributed by atoms with Crippen LogP contribution < -0.4 is 4.74 Å². The van der Waals surface area contributed by atoms with E-state index in [1.54, 1.807) is 23.6 Å². The van der Waals surface area contributed by atoms with Gasteiger partial charge in [0.05, 0.1) is 17.1 Å². The molecule has 3 heterocycles. The molecule has 1 aliphatic rings. The van der Waals surface area contributed by atoms with Crippen LogP contribution in [-0.2, 0) is 17.9 Å². The summed E-state index contributed by atoms with van der Waals surface area (Å²) in [6.07, 6.45) is 1.73. The molecule has 5 nitrogen and oxygen atoms in total. The van der Waals surface area contributed by atoms with Crippen molar-refractivity contribution in [1.82, 2.24) is 9.88 Å². The van der Waals surface area contributed by atoms with E-state index in [4.69, 9.17) is 4.74 Å². The Bertz CT molecular complexity index is 1030. The number of aromatic nitrogens is 1. The summed E-state index contributed by atoms with van der Waals surface area (Å²) in [5.41, 5.74) is 0.627. The van der Waals surface area contributed by atoms with Crippen molar-refractivity contribution >= 4 is 51.7 Å². The molecule has 0 aliphatic carbocycles. The molecule has 1 fully saturated rings.